The van der Waals surface area contributed by atoms with Crippen molar-refractivity contribution in [2.45, 2.75) is 110 Å². The molecule has 340 valence electrons. The Morgan fingerprint density at radius 1 is 0.279 bits per heavy atom. The summed E-state index contributed by atoms with van der Waals surface area (Å²) >= 11 is 0. The first kappa shape index (κ1) is 45.2. The number of rotatable bonds is 6. The summed E-state index contributed by atoms with van der Waals surface area (Å²) in [6.07, 6.45) is 0. The van der Waals surface area contributed by atoms with Gasteiger partial charge in [0.1, 0.15) is 0 Å². The summed E-state index contributed by atoms with van der Waals surface area (Å²) < 4.78 is 0. The third kappa shape index (κ3) is 7.60. The highest BCUT2D eigenvalue weighted by atomic mass is 15.2. The highest BCUT2D eigenvalue weighted by molar-refractivity contribution is 7.00. The second-order valence-corrected chi connectivity index (χ2v) is 23.5. The van der Waals surface area contributed by atoms with E-state index in [0.717, 1.165) is 5.69 Å². The van der Waals surface area contributed by atoms with Crippen LogP contribution in [0.2, 0.25) is 0 Å². The monoisotopic (exact) mass is 887 g/mol. The van der Waals surface area contributed by atoms with Crippen molar-refractivity contribution >= 4 is 57.2 Å². The van der Waals surface area contributed by atoms with Crippen LogP contribution in [0.4, 0.5) is 34.1 Å². The van der Waals surface area contributed by atoms with Crippen LogP contribution >= 0.6 is 0 Å². The van der Waals surface area contributed by atoms with Crippen LogP contribution in [-0.2, 0) is 27.1 Å². The van der Waals surface area contributed by atoms with Crippen LogP contribution in [0.25, 0.3) is 0 Å². The van der Waals surface area contributed by atoms with E-state index in [9.17, 15) is 0 Å². The maximum atomic E-state index is 2.59. The van der Waals surface area contributed by atoms with Crippen LogP contribution < -0.4 is 26.2 Å². The molecule has 3 heteroatoms. The fraction of sp³-hybridized carbons (Fsp3) is 0.262. The lowest BCUT2D eigenvalue weighted by atomic mass is 9.33. The summed E-state index contributed by atoms with van der Waals surface area (Å²) in [5, 5.41) is 0. The third-order valence-electron chi connectivity index (χ3n) is 14.8. The van der Waals surface area contributed by atoms with Crippen molar-refractivity contribution in [3.63, 3.8) is 0 Å². The number of benzene rings is 8. The standard InChI is InChI=1S/C65H67BN2/c1-61(2,3)44-28-34-52(35-29-44)67-56-38-32-49(62(4,5)6)40-54(56)66-55-41-50(63(7,8)9)33-39-57(55)68(59-43-51(64(10,11)12)42-58(67)60(59)66)53-36-30-48(31-37-53)65(45-22-16-13-17-23-45,46-24-18-14-19-25-46)47-26-20-15-21-27-47/h13-43H,1-12H3. The fourth-order valence-electron chi connectivity index (χ4n) is 11.0. The average Bonchev–Trinajstić information content (AvgIpc) is 3.31. The van der Waals surface area contributed by atoms with Crippen molar-refractivity contribution in [3.8, 4) is 0 Å². The number of nitrogens with zero attached hydrogens (tertiary/aromatic N) is 2. The predicted molar refractivity (Wildman–Crippen MR) is 294 cm³/mol. The summed E-state index contributed by atoms with van der Waals surface area (Å²) in [7, 11) is 0. The van der Waals surface area contributed by atoms with Crippen molar-refractivity contribution in [1.82, 2.24) is 0 Å². The highest BCUT2D eigenvalue weighted by Gasteiger charge is 2.45. The molecule has 0 saturated carbocycles. The van der Waals surface area contributed by atoms with Gasteiger partial charge in [-0.3, -0.25) is 0 Å². The number of fused-ring (bicyclic) bond motifs is 4. The molecular formula is C65H67BN2. The topological polar surface area (TPSA) is 6.48 Å². The van der Waals surface area contributed by atoms with E-state index in [4.69, 9.17) is 0 Å². The Morgan fingerprint density at radius 3 is 0.926 bits per heavy atom. The van der Waals surface area contributed by atoms with Crippen molar-refractivity contribution in [2.75, 3.05) is 9.80 Å². The summed E-state index contributed by atoms with van der Waals surface area (Å²) in [4.78, 5) is 5.16. The lowest BCUT2D eigenvalue weighted by Gasteiger charge is -2.46. The van der Waals surface area contributed by atoms with Gasteiger partial charge in [0.2, 0.25) is 0 Å². The molecule has 0 atom stereocenters. The molecule has 0 N–H and O–H groups in total. The SMILES string of the molecule is CC(C)(C)c1ccc(N2c3ccc(C(C)(C)C)cc3B3c4cc(C(C)(C)C)ccc4N(c4ccc(C(c5ccccc5)(c5ccccc5)c5ccccc5)cc4)c4cc(C(C)(C)C)cc2c43)cc1. The van der Waals surface area contributed by atoms with Crippen LogP contribution in [0.3, 0.4) is 0 Å². The van der Waals surface area contributed by atoms with E-state index in [0.29, 0.717) is 0 Å². The molecule has 0 radical (unpaired) electrons. The molecule has 0 aromatic heterocycles. The Labute approximate surface area is 407 Å². The molecule has 0 aliphatic carbocycles. The van der Waals surface area contributed by atoms with E-state index in [1.54, 1.807) is 0 Å². The zero-order valence-corrected chi connectivity index (χ0v) is 42.4. The molecular weight excluding hydrogens is 820 g/mol. The molecule has 10 rings (SSSR count). The minimum atomic E-state index is -0.544. The van der Waals surface area contributed by atoms with Gasteiger partial charge < -0.3 is 9.80 Å². The predicted octanol–water partition coefficient (Wildman–Crippen LogP) is 15.3. The molecule has 2 nitrogen and oxygen atoms in total. The lowest BCUT2D eigenvalue weighted by molar-refractivity contribution is 0.589. The smallest absolute Gasteiger partial charge is 0.252 e. The van der Waals surface area contributed by atoms with Gasteiger partial charge in [-0.1, -0.05) is 223 Å². The van der Waals surface area contributed by atoms with E-state index >= 15 is 0 Å². The maximum Gasteiger partial charge on any atom is 0.252 e. The van der Waals surface area contributed by atoms with E-state index in [1.165, 1.54) is 89.3 Å². The van der Waals surface area contributed by atoms with E-state index in [2.05, 4.69) is 281 Å². The van der Waals surface area contributed by atoms with Gasteiger partial charge >= 0.3 is 0 Å². The average molecular weight is 887 g/mol. The third-order valence-corrected chi connectivity index (χ3v) is 14.8. The van der Waals surface area contributed by atoms with Gasteiger partial charge in [0.15, 0.2) is 0 Å². The Balaban J connectivity index is 1.27. The van der Waals surface area contributed by atoms with Crippen LogP contribution in [-0.4, -0.2) is 6.71 Å². The van der Waals surface area contributed by atoms with Crippen LogP contribution in [0.5, 0.6) is 0 Å². The second-order valence-electron chi connectivity index (χ2n) is 23.5. The van der Waals surface area contributed by atoms with Crippen molar-refractivity contribution in [3.05, 3.63) is 233 Å². The Hall–Kier alpha value is -6.58. The number of hydrogen-bond acceptors (Lipinski definition) is 2. The van der Waals surface area contributed by atoms with E-state index in [-0.39, 0.29) is 28.4 Å². The zero-order chi connectivity index (χ0) is 48.0. The Kier molecular flexibility index (Phi) is 10.8. The van der Waals surface area contributed by atoms with Gasteiger partial charge in [-0.2, -0.15) is 0 Å². The van der Waals surface area contributed by atoms with Gasteiger partial charge in [-0.25, -0.2) is 0 Å². The van der Waals surface area contributed by atoms with Crippen molar-refractivity contribution < 1.29 is 0 Å². The summed E-state index contributed by atoms with van der Waals surface area (Å²) in [5.74, 6) is 0. The summed E-state index contributed by atoms with van der Waals surface area (Å²) in [5.41, 5.74) is 20.9. The normalized spacial score (nSPS) is 13.8. The highest BCUT2D eigenvalue weighted by Crippen LogP contribution is 2.49. The minimum absolute atomic E-state index is 0.0196. The molecule has 8 aromatic rings. The quantitative estimate of drug-likeness (QED) is 0.121. The van der Waals surface area contributed by atoms with Crippen LogP contribution in [0.15, 0.2) is 188 Å². The van der Waals surface area contributed by atoms with E-state index in [1.807, 2.05) is 0 Å². The summed E-state index contributed by atoms with van der Waals surface area (Å²) in [6, 6.07) is 71.8. The molecule has 0 bridgehead atoms. The second kappa shape index (κ2) is 16.3. The van der Waals surface area contributed by atoms with Crippen molar-refractivity contribution in [2.24, 2.45) is 0 Å². The van der Waals surface area contributed by atoms with Gasteiger partial charge in [-0.15, -0.1) is 0 Å². The lowest BCUT2D eigenvalue weighted by Crippen LogP contribution is -2.61. The van der Waals surface area contributed by atoms with Gasteiger partial charge in [0.05, 0.1) is 5.41 Å². The van der Waals surface area contributed by atoms with Crippen LogP contribution in [0.1, 0.15) is 128 Å². The summed E-state index contributed by atoms with van der Waals surface area (Å²) in [6.45, 7) is 28.1. The molecule has 0 fully saturated rings. The van der Waals surface area contributed by atoms with E-state index < -0.39 is 5.41 Å². The van der Waals surface area contributed by atoms with Crippen LogP contribution in [0, 0.1) is 0 Å². The molecule has 68 heavy (non-hydrogen) atoms. The minimum Gasteiger partial charge on any atom is -0.311 e. The number of hydrogen-bond donors (Lipinski definition) is 0. The molecule has 0 saturated heterocycles. The molecule has 0 spiro atoms. The molecule has 0 unspecified atom stereocenters. The van der Waals surface area contributed by atoms with Gasteiger partial charge in [0.25, 0.3) is 6.71 Å². The first-order chi connectivity index (χ1) is 32.3. The van der Waals surface area contributed by atoms with Gasteiger partial charge in [-0.05, 0) is 131 Å². The molecule has 8 aromatic carbocycles. The number of anilines is 6. The molecule has 2 aliphatic rings. The first-order valence-electron chi connectivity index (χ1n) is 24.7. The maximum absolute atomic E-state index is 2.59. The largest absolute Gasteiger partial charge is 0.311 e. The van der Waals surface area contributed by atoms with Gasteiger partial charge in [0, 0.05) is 34.1 Å². The first-order valence-corrected chi connectivity index (χ1v) is 24.7. The zero-order valence-electron chi connectivity index (χ0n) is 42.4. The van der Waals surface area contributed by atoms with Crippen molar-refractivity contribution in [1.29, 1.82) is 0 Å². The fourth-order valence-corrected chi connectivity index (χ4v) is 11.0. The Morgan fingerprint density at radius 2 is 0.588 bits per heavy atom. The molecule has 2 aliphatic heterocycles. The Bertz CT molecular complexity index is 3030. The molecule has 0 amide bonds. The molecule has 2 heterocycles.